The van der Waals surface area contributed by atoms with E-state index in [-0.39, 0.29) is 37.4 Å². The van der Waals surface area contributed by atoms with Crippen molar-refractivity contribution in [2.75, 3.05) is 19.6 Å². The van der Waals surface area contributed by atoms with Gasteiger partial charge in [-0.15, -0.1) is 11.3 Å². The molecule has 13 heteroatoms. The van der Waals surface area contributed by atoms with Gasteiger partial charge in [0, 0.05) is 24.4 Å². The Balaban J connectivity index is 1.52. The normalized spacial score (nSPS) is 14.5. The molecule has 1 aromatic heterocycles. The Labute approximate surface area is 206 Å². The molecule has 0 bridgehead atoms. The van der Waals surface area contributed by atoms with Gasteiger partial charge in [0.25, 0.3) is 11.1 Å². The lowest BCUT2D eigenvalue weighted by Crippen LogP contribution is -2.39. The summed E-state index contributed by atoms with van der Waals surface area (Å²) in [6.07, 6.45) is 1.05. The molecule has 0 saturated carbocycles. The molecule has 2 aromatic rings. The van der Waals surface area contributed by atoms with Crippen molar-refractivity contribution in [2.24, 2.45) is 0 Å². The molecule has 9 nitrogen and oxygen atoms in total. The minimum atomic E-state index is -1.07. The molecular weight excluding hydrogens is 504 g/mol. The summed E-state index contributed by atoms with van der Waals surface area (Å²) in [7, 11) is 0. The highest BCUT2D eigenvalue weighted by molar-refractivity contribution is 8.18. The molecule has 1 aliphatic heterocycles. The summed E-state index contributed by atoms with van der Waals surface area (Å²) in [6, 6.07) is 5.21. The average Bonchev–Trinajstić information content (AvgIpc) is 3.37. The van der Waals surface area contributed by atoms with Crippen molar-refractivity contribution in [3.8, 4) is 11.1 Å². The molecule has 3 N–H and O–H groups in total. The number of benzene rings is 1. The summed E-state index contributed by atoms with van der Waals surface area (Å²) in [5.41, 5.74) is 1.09. The topological polar surface area (TPSA) is 133 Å². The molecule has 1 aromatic carbocycles. The number of aliphatic carboxylic acids is 1. The van der Waals surface area contributed by atoms with Gasteiger partial charge in [-0.2, -0.15) is 0 Å². The third kappa shape index (κ3) is 7.20. The molecule has 0 aliphatic carbocycles. The van der Waals surface area contributed by atoms with Crippen LogP contribution >= 0.6 is 23.1 Å². The van der Waals surface area contributed by atoms with Gasteiger partial charge in [-0.1, -0.05) is 6.07 Å². The number of carbonyl (C=O) groups is 5. The molecular formula is C22H19F2N3O6S2. The van der Waals surface area contributed by atoms with E-state index in [1.165, 1.54) is 23.5 Å². The van der Waals surface area contributed by atoms with Crippen LogP contribution in [-0.4, -0.2) is 58.6 Å². The van der Waals surface area contributed by atoms with Crippen LogP contribution in [0.4, 0.5) is 13.6 Å². The Morgan fingerprint density at radius 2 is 1.77 bits per heavy atom. The van der Waals surface area contributed by atoms with E-state index in [0.717, 1.165) is 28.8 Å². The zero-order chi connectivity index (χ0) is 25.5. The van der Waals surface area contributed by atoms with Gasteiger partial charge in [0.05, 0.1) is 17.9 Å². The van der Waals surface area contributed by atoms with Gasteiger partial charge in [0.15, 0.2) is 11.6 Å². The monoisotopic (exact) mass is 523 g/mol. The Morgan fingerprint density at radius 3 is 2.49 bits per heavy atom. The highest BCUT2D eigenvalue weighted by Crippen LogP contribution is 2.35. The number of rotatable bonds is 10. The van der Waals surface area contributed by atoms with E-state index < -0.39 is 40.6 Å². The van der Waals surface area contributed by atoms with Crippen LogP contribution < -0.4 is 10.6 Å². The lowest BCUT2D eigenvalue weighted by atomic mass is 10.1. The number of imide groups is 1. The van der Waals surface area contributed by atoms with E-state index in [1.807, 2.05) is 0 Å². The second-order valence-corrected chi connectivity index (χ2v) is 9.16. The van der Waals surface area contributed by atoms with Crippen LogP contribution in [0.5, 0.6) is 0 Å². The summed E-state index contributed by atoms with van der Waals surface area (Å²) in [5, 5.41) is 14.4. The highest BCUT2D eigenvalue weighted by atomic mass is 32.2. The van der Waals surface area contributed by atoms with Crippen LogP contribution in [0.2, 0.25) is 0 Å². The summed E-state index contributed by atoms with van der Waals surface area (Å²) in [5.74, 6) is -4.68. The first-order valence-electron chi connectivity index (χ1n) is 10.2. The number of halogens is 2. The summed E-state index contributed by atoms with van der Waals surface area (Å²) in [4.78, 5) is 60.5. The zero-order valence-corrected chi connectivity index (χ0v) is 19.6. The SMILES string of the molecule is O=C(O)CCNC(=O)CNC(=O)CCN1C(=O)S/C(=C\c2cc(-c3ccc(F)c(F)c3)cs2)C1=O. The van der Waals surface area contributed by atoms with Crippen molar-refractivity contribution in [1.29, 1.82) is 0 Å². The van der Waals surface area contributed by atoms with Gasteiger partial charge in [-0.05, 0) is 52.5 Å². The molecule has 35 heavy (non-hydrogen) atoms. The predicted molar refractivity (Wildman–Crippen MR) is 125 cm³/mol. The lowest BCUT2D eigenvalue weighted by Gasteiger charge is -2.12. The van der Waals surface area contributed by atoms with E-state index in [4.69, 9.17) is 5.11 Å². The van der Waals surface area contributed by atoms with Crippen molar-refractivity contribution >= 4 is 58.1 Å². The summed E-state index contributed by atoms with van der Waals surface area (Å²) < 4.78 is 26.6. The van der Waals surface area contributed by atoms with Gasteiger partial charge in [-0.25, -0.2) is 8.78 Å². The number of carbonyl (C=O) groups excluding carboxylic acids is 4. The van der Waals surface area contributed by atoms with Crippen molar-refractivity contribution < 1.29 is 37.9 Å². The largest absolute Gasteiger partial charge is 0.481 e. The van der Waals surface area contributed by atoms with Gasteiger partial charge < -0.3 is 15.7 Å². The van der Waals surface area contributed by atoms with Gasteiger partial charge in [-0.3, -0.25) is 28.9 Å². The minimum absolute atomic E-state index is 0.0698. The smallest absolute Gasteiger partial charge is 0.305 e. The molecule has 1 fully saturated rings. The van der Waals surface area contributed by atoms with Crippen molar-refractivity contribution in [1.82, 2.24) is 15.5 Å². The van der Waals surface area contributed by atoms with Gasteiger partial charge in [0.1, 0.15) is 0 Å². The van der Waals surface area contributed by atoms with Crippen molar-refractivity contribution in [3.63, 3.8) is 0 Å². The molecule has 1 aliphatic rings. The third-order valence-corrected chi connectivity index (χ3v) is 6.48. The fraction of sp³-hybridized carbons (Fsp3) is 0.227. The van der Waals surface area contributed by atoms with Crippen LogP contribution in [0.15, 0.2) is 34.6 Å². The quantitative estimate of drug-likeness (QED) is 0.408. The fourth-order valence-electron chi connectivity index (χ4n) is 2.93. The minimum Gasteiger partial charge on any atom is -0.481 e. The van der Waals surface area contributed by atoms with Crippen LogP contribution in [0.25, 0.3) is 17.2 Å². The Morgan fingerprint density at radius 1 is 1.00 bits per heavy atom. The number of carboxylic acid groups (broad SMARTS) is 1. The number of amides is 4. The Kier molecular flexibility index (Phi) is 8.71. The highest BCUT2D eigenvalue weighted by Gasteiger charge is 2.35. The van der Waals surface area contributed by atoms with Crippen LogP contribution in [0, 0.1) is 11.6 Å². The number of nitrogens with zero attached hydrogens (tertiary/aromatic N) is 1. The van der Waals surface area contributed by atoms with Crippen molar-refractivity contribution in [3.05, 3.63) is 51.1 Å². The standard InChI is InChI=1S/C22H19F2N3O6S2/c23-15-2-1-12(8-16(15)24)13-7-14(34-11-13)9-17-21(32)27(22(33)35-17)6-4-18(28)26-10-19(29)25-5-3-20(30)31/h1-2,7-9,11H,3-6,10H2,(H,25,29)(H,26,28)(H,30,31)/b17-9-. The number of carboxylic acids is 1. The molecule has 4 amide bonds. The maximum absolute atomic E-state index is 13.5. The van der Waals surface area contributed by atoms with Crippen LogP contribution in [0.3, 0.4) is 0 Å². The van der Waals surface area contributed by atoms with E-state index in [9.17, 15) is 32.8 Å². The van der Waals surface area contributed by atoms with E-state index in [1.54, 1.807) is 11.4 Å². The molecule has 0 unspecified atom stereocenters. The van der Waals surface area contributed by atoms with Crippen LogP contribution in [-0.2, 0) is 19.2 Å². The van der Waals surface area contributed by atoms with Crippen molar-refractivity contribution in [2.45, 2.75) is 12.8 Å². The third-order valence-electron chi connectivity index (χ3n) is 4.69. The fourth-order valence-corrected chi connectivity index (χ4v) is 4.71. The summed E-state index contributed by atoms with van der Waals surface area (Å²) >= 11 is 1.98. The van der Waals surface area contributed by atoms with E-state index in [2.05, 4.69) is 10.6 Å². The van der Waals surface area contributed by atoms with E-state index in [0.29, 0.717) is 16.0 Å². The molecule has 1 saturated heterocycles. The second-order valence-electron chi connectivity index (χ2n) is 7.22. The molecule has 3 rings (SSSR count). The Bertz CT molecular complexity index is 1210. The van der Waals surface area contributed by atoms with E-state index >= 15 is 0 Å². The lowest BCUT2D eigenvalue weighted by molar-refractivity contribution is -0.137. The number of hydrogen-bond donors (Lipinski definition) is 3. The molecule has 0 spiro atoms. The zero-order valence-electron chi connectivity index (χ0n) is 18.0. The number of nitrogens with one attached hydrogen (secondary N) is 2. The maximum Gasteiger partial charge on any atom is 0.305 e. The number of thiophene rings is 1. The van der Waals surface area contributed by atoms with Gasteiger partial charge in [0.2, 0.25) is 11.8 Å². The van der Waals surface area contributed by atoms with Crippen LogP contribution in [0.1, 0.15) is 17.7 Å². The Hall–Kier alpha value is -3.58. The first-order chi connectivity index (χ1) is 16.6. The first kappa shape index (κ1) is 26.0. The second kappa shape index (κ2) is 11.7. The number of hydrogen-bond acceptors (Lipinski definition) is 7. The summed E-state index contributed by atoms with van der Waals surface area (Å²) in [6.45, 7) is -0.613. The molecule has 2 heterocycles. The molecule has 0 radical (unpaired) electrons. The molecule has 184 valence electrons. The number of thioether (sulfide) groups is 1. The average molecular weight is 524 g/mol. The first-order valence-corrected chi connectivity index (χ1v) is 11.9. The predicted octanol–water partition coefficient (Wildman–Crippen LogP) is 2.83. The van der Waals surface area contributed by atoms with Gasteiger partial charge >= 0.3 is 5.97 Å². The maximum atomic E-state index is 13.5. The molecule has 0 atom stereocenters.